The number of likely N-dealkylation sites (N-methyl/N-ethyl adjacent to an activating group) is 1. The topological polar surface area (TPSA) is 107 Å². The Hall–Kier alpha value is -3.97. The molecule has 1 amide bonds. The first kappa shape index (κ1) is 28.6. The van der Waals surface area contributed by atoms with Crippen LogP contribution in [0, 0.1) is 6.92 Å². The molecule has 2 fully saturated rings. The molecule has 0 bridgehead atoms. The van der Waals surface area contributed by atoms with Crippen LogP contribution in [-0.4, -0.2) is 84.8 Å². The summed E-state index contributed by atoms with van der Waals surface area (Å²) in [5.41, 5.74) is 0.465. The van der Waals surface area contributed by atoms with Gasteiger partial charge in [0.25, 0.3) is 5.91 Å². The van der Waals surface area contributed by atoms with E-state index in [2.05, 4.69) is 37.0 Å². The van der Waals surface area contributed by atoms with E-state index in [1.807, 2.05) is 24.9 Å². The van der Waals surface area contributed by atoms with Crippen molar-refractivity contribution in [2.45, 2.75) is 26.1 Å². The summed E-state index contributed by atoms with van der Waals surface area (Å²) in [4.78, 5) is 42.6. The quantitative estimate of drug-likeness (QED) is 0.480. The Labute approximate surface area is 235 Å². The second-order valence-electron chi connectivity index (χ2n) is 10.4. The fourth-order valence-electron chi connectivity index (χ4n) is 5.10. The van der Waals surface area contributed by atoms with E-state index in [4.69, 9.17) is 4.74 Å². The SMILES string of the molecule is Cc1cc(N2CCN(C)[C@@H](C)C2)c(NC(=O)c2c[nH]c(=O)cc2C(F)(F)F)cc1-c1cnc(N2CCOCC2)nc1. The second-order valence-corrected chi connectivity index (χ2v) is 10.4. The van der Waals surface area contributed by atoms with E-state index >= 15 is 0 Å². The van der Waals surface area contributed by atoms with Crippen molar-refractivity contribution < 1.29 is 22.7 Å². The summed E-state index contributed by atoms with van der Waals surface area (Å²) in [6.45, 7) is 8.74. The summed E-state index contributed by atoms with van der Waals surface area (Å²) in [5.74, 6) is -0.394. The number of carbonyl (C=O) groups excluding carboxylic acids is 1. The minimum absolute atomic E-state index is 0.226. The highest BCUT2D eigenvalue weighted by Crippen LogP contribution is 2.37. The molecule has 0 saturated carbocycles. The zero-order valence-corrected chi connectivity index (χ0v) is 23.1. The molecule has 0 spiro atoms. The lowest BCUT2D eigenvalue weighted by atomic mass is 9.99. The number of alkyl halides is 3. The Morgan fingerprint density at radius 2 is 1.78 bits per heavy atom. The molecule has 2 saturated heterocycles. The highest BCUT2D eigenvalue weighted by molar-refractivity contribution is 6.07. The van der Waals surface area contributed by atoms with Crippen molar-refractivity contribution in [2.75, 3.05) is 68.1 Å². The van der Waals surface area contributed by atoms with E-state index in [1.54, 1.807) is 18.5 Å². The monoisotopic (exact) mass is 571 g/mol. The number of rotatable bonds is 5. The Morgan fingerprint density at radius 3 is 2.44 bits per heavy atom. The van der Waals surface area contributed by atoms with Crippen LogP contribution in [0.2, 0.25) is 0 Å². The second kappa shape index (κ2) is 11.5. The zero-order chi connectivity index (χ0) is 29.3. The van der Waals surface area contributed by atoms with Gasteiger partial charge in [0.15, 0.2) is 0 Å². The van der Waals surface area contributed by atoms with Gasteiger partial charge >= 0.3 is 6.18 Å². The molecule has 10 nitrogen and oxygen atoms in total. The predicted octanol–water partition coefficient (Wildman–Crippen LogP) is 3.39. The van der Waals surface area contributed by atoms with Crippen molar-refractivity contribution in [1.29, 1.82) is 0 Å². The van der Waals surface area contributed by atoms with Gasteiger partial charge in [-0.1, -0.05) is 0 Å². The minimum Gasteiger partial charge on any atom is -0.378 e. The smallest absolute Gasteiger partial charge is 0.378 e. The Balaban J connectivity index is 1.53. The third kappa shape index (κ3) is 6.20. The van der Waals surface area contributed by atoms with Gasteiger partial charge in [0.05, 0.1) is 35.7 Å². The first-order valence-electron chi connectivity index (χ1n) is 13.4. The van der Waals surface area contributed by atoms with Crippen molar-refractivity contribution in [2.24, 2.45) is 0 Å². The van der Waals surface area contributed by atoms with Gasteiger partial charge in [0.1, 0.15) is 0 Å². The standard InChI is InChI=1S/C28H32F3N7O3/c1-17-10-24(38-5-4-36(3)18(2)16-38)23(35-26(40)21-15-32-25(39)12-22(21)28(29,30)31)11-20(17)19-13-33-27(34-14-19)37-6-8-41-9-7-37/h10-15,18H,4-9,16H2,1-3H3,(H,32,39)(H,35,40)/t18-/m0/s1. The summed E-state index contributed by atoms with van der Waals surface area (Å²) in [6.07, 6.45) is -0.680. The molecule has 218 valence electrons. The van der Waals surface area contributed by atoms with Crippen molar-refractivity contribution in [1.82, 2.24) is 19.9 Å². The number of anilines is 3. The third-order valence-corrected chi connectivity index (χ3v) is 7.61. The number of carbonyl (C=O) groups is 1. The van der Waals surface area contributed by atoms with Crippen LogP contribution in [0.3, 0.4) is 0 Å². The number of nitrogens with one attached hydrogen (secondary N) is 2. The molecule has 0 radical (unpaired) electrons. The molecular weight excluding hydrogens is 539 g/mol. The summed E-state index contributed by atoms with van der Waals surface area (Å²) < 4.78 is 46.5. The number of benzene rings is 1. The average Bonchev–Trinajstić information content (AvgIpc) is 2.95. The van der Waals surface area contributed by atoms with Gasteiger partial charge in [-0.05, 0) is 44.2 Å². The van der Waals surface area contributed by atoms with Gasteiger partial charge in [-0.25, -0.2) is 9.97 Å². The molecule has 0 aliphatic carbocycles. The number of aromatic nitrogens is 3. The number of nitrogens with zero attached hydrogens (tertiary/aromatic N) is 5. The van der Waals surface area contributed by atoms with Gasteiger partial charge in [0.2, 0.25) is 11.5 Å². The summed E-state index contributed by atoms with van der Waals surface area (Å²) in [5, 5.41) is 2.70. The third-order valence-electron chi connectivity index (χ3n) is 7.61. The minimum atomic E-state index is -4.88. The molecule has 2 N–H and O–H groups in total. The predicted molar refractivity (Wildman–Crippen MR) is 150 cm³/mol. The Morgan fingerprint density at radius 1 is 1.07 bits per heavy atom. The lowest BCUT2D eigenvalue weighted by molar-refractivity contribution is -0.138. The van der Waals surface area contributed by atoms with E-state index in [9.17, 15) is 22.8 Å². The van der Waals surface area contributed by atoms with Crippen molar-refractivity contribution >= 4 is 23.2 Å². The van der Waals surface area contributed by atoms with E-state index in [0.29, 0.717) is 68.3 Å². The molecule has 0 unspecified atom stereocenters. The lowest BCUT2D eigenvalue weighted by Crippen LogP contribution is -2.50. The van der Waals surface area contributed by atoms with E-state index in [0.717, 1.165) is 23.9 Å². The lowest BCUT2D eigenvalue weighted by Gasteiger charge is -2.40. The molecule has 13 heteroatoms. The number of piperazine rings is 1. The number of amides is 1. The number of ether oxygens (including phenoxy) is 1. The van der Waals surface area contributed by atoms with E-state index in [1.165, 1.54) is 0 Å². The van der Waals surface area contributed by atoms with Crippen LogP contribution in [0.1, 0.15) is 28.4 Å². The van der Waals surface area contributed by atoms with Crippen molar-refractivity contribution in [3.05, 3.63) is 63.8 Å². The van der Waals surface area contributed by atoms with E-state index in [-0.39, 0.29) is 6.04 Å². The number of aryl methyl sites for hydroxylation is 1. The fraction of sp³-hybridized carbons (Fsp3) is 0.429. The molecule has 41 heavy (non-hydrogen) atoms. The van der Waals surface area contributed by atoms with Gasteiger partial charge in [-0.15, -0.1) is 0 Å². The Bertz CT molecular complexity index is 1470. The van der Waals surface area contributed by atoms with Crippen LogP contribution in [-0.2, 0) is 10.9 Å². The summed E-state index contributed by atoms with van der Waals surface area (Å²) in [7, 11) is 2.04. The molecule has 2 aliphatic heterocycles. The zero-order valence-electron chi connectivity index (χ0n) is 23.1. The number of hydrogen-bond acceptors (Lipinski definition) is 8. The van der Waals surface area contributed by atoms with Crippen molar-refractivity contribution in [3.8, 4) is 11.1 Å². The average molecular weight is 572 g/mol. The molecule has 1 atom stereocenters. The first-order valence-corrected chi connectivity index (χ1v) is 13.4. The fourth-order valence-corrected chi connectivity index (χ4v) is 5.10. The number of aromatic amines is 1. The molecule has 3 aromatic rings. The maximum Gasteiger partial charge on any atom is 0.417 e. The van der Waals surface area contributed by atoms with Gasteiger partial charge in [-0.2, -0.15) is 13.2 Å². The van der Waals surface area contributed by atoms with Gasteiger partial charge in [-0.3, -0.25) is 9.59 Å². The first-order chi connectivity index (χ1) is 19.5. The number of H-pyrrole nitrogens is 1. The van der Waals surface area contributed by atoms with Gasteiger partial charge in [0, 0.05) is 69.0 Å². The van der Waals surface area contributed by atoms with E-state index < -0.39 is 28.8 Å². The van der Waals surface area contributed by atoms with Crippen LogP contribution >= 0.6 is 0 Å². The molecule has 2 aromatic heterocycles. The van der Waals surface area contributed by atoms with Crippen LogP contribution in [0.5, 0.6) is 0 Å². The summed E-state index contributed by atoms with van der Waals surface area (Å²) >= 11 is 0. The Kier molecular flexibility index (Phi) is 8.00. The molecular formula is C28H32F3N7O3. The maximum absolute atomic E-state index is 13.7. The number of pyridine rings is 1. The van der Waals surface area contributed by atoms with Crippen LogP contribution in [0.25, 0.3) is 11.1 Å². The molecule has 4 heterocycles. The van der Waals surface area contributed by atoms with Crippen LogP contribution in [0.4, 0.5) is 30.5 Å². The molecule has 5 rings (SSSR count). The molecule has 2 aliphatic rings. The summed E-state index contributed by atoms with van der Waals surface area (Å²) in [6, 6.07) is 4.30. The van der Waals surface area contributed by atoms with Crippen molar-refractivity contribution in [3.63, 3.8) is 0 Å². The van der Waals surface area contributed by atoms with Gasteiger partial charge < -0.3 is 29.7 Å². The number of halogens is 3. The number of morpholine rings is 1. The highest BCUT2D eigenvalue weighted by Gasteiger charge is 2.36. The highest BCUT2D eigenvalue weighted by atomic mass is 19.4. The van der Waals surface area contributed by atoms with Crippen LogP contribution in [0.15, 0.2) is 41.6 Å². The largest absolute Gasteiger partial charge is 0.417 e. The van der Waals surface area contributed by atoms with Crippen LogP contribution < -0.4 is 20.7 Å². The maximum atomic E-state index is 13.7. The number of hydrogen-bond donors (Lipinski definition) is 2. The normalized spacial score (nSPS) is 18.4. The molecule has 1 aromatic carbocycles.